The van der Waals surface area contributed by atoms with Gasteiger partial charge in [-0.25, -0.2) is 4.79 Å². The van der Waals surface area contributed by atoms with Crippen LogP contribution in [0.5, 0.6) is 0 Å². The lowest BCUT2D eigenvalue weighted by Gasteiger charge is -2.33. The van der Waals surface area contributed by atoms with Crippen molar-refractivity contribution in [1.29, 1.82) is 0 Å². The molecule has 1 aliphatic rings. The molecule has 13 heavy (non-hydrogen) atoms. The summed E-state index contributed by atoms with van der Waals surface area (Å²) >= 11 is 0. The van der Waals surface area contributed by atoms with Gasteiger partial charge in [-0.15, -0.1) is 0 Å². The van der Waals surface area contributed by atoms with E-state index in [9.17, 15) is 9.59 Å². The van der Waals surface area contributed by atoms with Gasteiger partial charge in [-0.1, -0.05) is 19.3 Å². The third-order valence-electron chi connectivity index (χ3n) is 2.62. The van der Waals surface area contributed by atoms with Crippen molar-refractivity contribution in [1.82, 2.24) is 5.32 Å². The van der Waals surface area contributed by atoms with Crippen LogP contribution in [-0.2, 0) is 14.3 Å². The number of rotatable bonds is 3. The number of esters is 1. The van der Waals surface area contributed by atoms with Crippen LogP contribution in [0.3, 0.4) is 0 Å². The zero-order chi connectivity index (χ0) is 9.73. The van der Waals surface area contributed by atoms with Gasteiger partial charge in [-0.3, -0.25) is 4.79 Å². The van der Waals surface area contributed by atoms with Crippen LogP contribution in [0.4, 0.5) is 0 Å². The Morgan fingerprint density at radius 1 is 1.38 bits per heavy atom. The molecule has 0 spiro atoms. The van der Waals surface area contributed by atoms with Crippen LogP contribution in [0.2, 0.25) is 0 Å². The maximum atomic E-state index is 11.4. The monoisotopic (exact) mass is 185 g/mol. The highest BCUT2D eigenvalue weighted by atomic mass is 16.5. The van der Waals surface area contributed by atoms with Crippen LogP contribution in [-0.4, -0.2) is 25.0 Å². The van der Waals surface area contributed by atoms with Gasteiger partial charge in [0.1, 0.15) is 5.54 Å². The fourth-order valence-corrected chi connectivity index (χ4v) is 1.87. The number of hydrogen-bond donors (Lipinski definition) is 1. The van der Waals surface area contributed by atoms with E-state index in [1.54, 1.807) is 0 Å². The van der Waals surface area contributed by atoms with E-state index >= 15 is 0 Å². The van der Waals surface area contributed by atoms with Crippen molar-refractivity contribution >= 4 is 12.4 Å². The molecule has 1 amide bonds. The molecule has 4 nitrogen and oxygen atoms in total. The number of ether oxygens (including phenoxy) is 1. The van der Waals surface area contributed by atoms with Gasteiger partial charge in [0.15, 0.2) is 0 Å². The minimum atomic E-state index is -0.741. The topological polar surface area (TPSA) is 55.4 Å². The first-order chi connectivity index (χ1) is 6.25. The van der Waals surface area contributed by atoms with Crippen LogP contribution in [0.1, 0.15) is 32.1 Å². The first-order valence-electron chi connectivity index (χ1n) is 4.55. The van der Waals surface area contributed by atoms with E-state index in [1.165, 1.54) is 7.11 Å². The summed E-state index contributed by atoms with van der Waals surface area (Å²) in [5.74, 6) is -0.320. The van der Waals surface area contributed by atoms with Gasteiger partial charge in [0.25, 0.3) is 0 Å². The molecule has 0 aliphatic heterocycles. The second-order valence-electron chi connectivity index (χ2n) is 3.40. The van der Waals surface area contributed by atoms with Gasteiger partial charge >= 0.3 is 5.97 Å². The average Bonchev–Trinajstić information content (AvgIpc) is 2.18. The lowest BCUT2D eigenvalue weighted by Crippen LogP contribution is -2.53. The third-order valence-corrected chi connectivity index (χ3v) is 2.62. The zero-order valence-electron chi connectivity index (χ0n) is 7.84. The quantitative estimate of drug-likeness (QED) is 0.517. The molecule has 74 valence electrons. The molecule has 1 fully saturated rings. The molecule has 0 heterocycles. The first-order valence-corrected chi connectivity index (χ1v) is 4.55. The molecule has 4 heteroatoms. The minimum absolute atomic E-state index is 0.320. The summed E-state index contributed by atoms with van der Waals surface area (Å²) in [6.45, 7) is 0. The fraction of sp³-hybridized carbons (Fsp3) is 0.778. The molecule has 1 rings (SSSR count). The molecule has 0 radical (unpaired) electrons. The Kier molecular flexibility index (Phi) is 3.28. The predicted molar refractivity (Wildman–Crippen MR) is 47.0 cm³/mol. The zero-order valence-corrected chi connectivity index (χ0v) is 7.84. The highest BCUT2D eigenvalue weighted by Gasteiger charge is 2.40. The lowest BCUT2D eigenvalue weighted by atomic mass is 9.82. The average molecular weight is 185 g/mol. The van der Waals surface area contributed by atoms with Gasteiger partial charge in [0, 0.05) is 0 Å². The maximum absolute atomic E-state index is 11.4. The maximum Gasteiger partial charge on any atom is 0.331 e. The number of nitrogens with one attached hydrogen (secondary N) is 1. The molecule has 0 unspecified atom stereocenters. The number of carbonyl (C=O) groups is 2. The van der Waals surface area contributed by atoms with Gasteiger partial charge in [-0.05, 0) is 12.8 Å². The third kappa shape index (κ3) is 1.99. The standard InChI is InChI=1S/C9H15NO3/c1-13-8(12)9(10-7-11)5-3-2-4-6-9/h7H,2-6H2,1H3,(H,10,11). The summed E-state index contributed by atoms with van der Waals surface area (Å²) in [6, 6.07) is 0. The second kappa shape index (κ2) is 4.25. The van der Waals surface area contributed by atoms with Crippen LogP contribution >= 0.6 is 0 Å². The van der Waals surface area contributed by atoms with E-state index in [4.69, 9.17) is 0 Å². The first kappa shape index (κ1) is 10.0. The van der Waals surface area contributed by atoms with E-state index in [1.807, 2.05) is 0 Å². The van der Waals surface area contributed by atoms with Crippen LogP contribution in [0.25, 0.3) is 0 Å². The fourth-order valence-electron chi connectivity index (χ4n) is 1.87. The van der Waals surface area contributed by atoms with Crippen LogP contribution in [0, 0.1) is 0 Å². The smallest absolute Gasteiger partial charge is 0.331 e. The molecule has 0 aromatic carbocycles. The van der Waals surface area contributed by atoms with E-state index in [0.29, 0.717) is 19.3 Å². The molecule has 0 saturated heterocycles. The lowest BCUT2D eigenvalue weighted by molar-refractivity contribution is -0.151. The van der Waals surface area contributed by atoms with E-state index in [0.717, 1.165) is 19.3 Å². The van der Waals surface area contributed by atoms with Crippen molar-refractivity contribution < 1.29 is 14.3 Å². The van der Waals surface area contributed by atoms with Crippen molar-refractivity contribution in [3.8, 4) is 0 Å². The molecule has 0 atom stereocenters. The predicted octanol–water partition coefficient (Wildman–Crippen LogP) is 0.608. The largest absolute Gasteiger partial charge is 0.467 e. The minimum Gasteiger partial charge on any atom is -0.467 e. The second-order valence-corrected chi connectivity index (χ2v) is 3.40. The number of amides is 1. The molecular weight excluding hydrogens is 170 g/mol. The number of carbonyl (C=O) groups excluding carboxylic acids is 2. The van der Waals surface area contributed by atoms with Crippen molar-refractivity contribution in [2.45, 2.75) is 37.6 Å². The highest BCUT2D eigenvalue weighted by Crippen LogP contribution is 2.28. The summed E-state index contributed by atoms with van der Waals surface area (Å²) in [4.78, 5) is 21.8. The molecule has 0 aromatic rings. The summed E-state index contributed by atoms with van der Waals surface area (Å²) in [6.07, 6.45) is 5.03. The van der Waals surface area contributed by atoms with Gasteiger partial charge in [0.05, 0.1) is 7.11 Å². The van der Waals surface area contributed by atoms with E-state index in [2.05, 4.69) is 10.1 Å². The van der Waals surface area contributed by atoms with Crippen LogP contribution in [0.15, 0.2) is 0 Å². The Balaban J connectivity index is 2.71. The molecule has 0 aromatic heterocycles. The Hall–Kier alpha value is -1.06. The molecule has 1 saturated carbocycles. The van der Waals surface area contributed by atoms with E-state index < -0.39 is 5.54 Å². The Labute approximate surface area is 77.6 Å². The Morgan fingerprint density at radius 2 is 2.00 bits per heavy atom. The number of hydrogen-bond acceptors (Lipinski definition) is 3. The number of methoxy groups -OCH3 is 1. The van der Waals surface area contributed by atoms with Crippen LogP contribution < -0.4 is 5.32 Å². The summed E-state index contributed by atoms with van der Waals surface area (Å²) in [5.41, 5.74) is -0.741. The molecular formula is C9H15NO3. The van der Waals surface area contributed by atoms with E-state index in [-0.39, 0.29) is 5.97 Å². The summed E-state index contributed by atoms with van der Waals surface area (Å²) in [7, 11) is 1.35. The molecule has 1 aliphatic carbocycles. The van der Waals surface area contributed by atoms with Crippen molar-refractivity contribution in [2.24, 2.45) is 0 Å². The normalized spacial score (nSPS) is 20.4. The van der Waals surface area contributed by atoms with Gasteiger partial charge in [0.2, 0.25) is 6.41 Å². The Morgan fingerprint density at radius 3 is 2.46 bits per heavy atom. The highest BCUT2D eigenvalue weighted by molar-refractivity contribution is 5.83. The Bertz CT molecular complexity index is 197. The van der Waals surface area contributed by atoms with Crippen molar-refractivity contribution in [2.75, 3.05) is 7.11 Å². The molecule has 1 N–H and O–H groups in total. The molecule has 0 bridgehead atoms. The van der Waals surface area contributed by atoms with Gasteiger partial charge in [-0.2, -0.15) is 0 Å². The summed E-state index contributed by atoms with van der Waals surface area (Å²) < 4.78 is 4.69. The van der Waals surface area contributed by atoms with Crippen molar-refractivity contribution in [3.63, 3.8) is 0 Å². The summed E-state index contributed by atoms with van der Waals surface area (Å²) in [5, 5.41) is 2.59. The van der Waals surface area contributed by atoms with Crippen molar-refractivity contribution in [3.05, 3.63) is 0 Å². The van der Waals surface area contributed by atoms with Gasteiger partial charge < -0.3 is 10.1 Å². The SMILES string of the molecule is COC(=O)C1(NC=O)CCCCC1.